The smallest absolute Gasteiger partial charge is 0.322 e. The Balaban J connectivity index is 1.69. The molecule has 0 unspecified atom stereocenters. The number of carboxylic acid groups (broad SMARTS) is 1. The molecule has 0 saturated heterocycles. The van der Waals surface area contributed by atoms with Crippen molar-refractivity contribution in [2.24, 2.45) is 0 Å². The predicted octanol–water partition coefficient (Wildman–Crippen LogP) is 4.16. The molecule has 0 aliphatic carbocycles. The largest absolute Gasteiger partial charge is 0.480 e. The Labute approximate surface area is 168 Å². The van der Waals surface area contributed by atoms with Crippen LogP contribution in [0.3, 0.4) is 0 Å². The summed E-state index contributed by atoms with van der Waals surface area (Å²) in [5, 5.41) is 16.7. The Kier molecular flexibility index (Phi) is 5.33. The second-order valence-electron chi connectivity index (χ2n) is 6.63. The summed E-state index contributed by atoms with van der Waals surface area (Å²) in [6.07, 6.45) is 5.48. The quantitative estimate of drug-likeness (QED) is 0.500. The number of nitrogens with zero attached hydrogens (tertiary/aromatic N) is 3. The maximum atomic E-state index is 11.0. The van der Waals surface area contributed by atoms with Crippen LogP contribution in [0.15, 0.2) is 85.3 Å². The van der Waals surface area contributed by atoms with Gasteiger partial charge in [-0.05, 0) is 41.0 Å². The van der Waals surface area contributed by atoms with E-state index in [1.165, 1.54) is 0 Å². The Bertz CT molecular complexity index is 1110. The first-order valence-electron chi connectivity index (χ1n) is 9.27. The Hall–Kier alpha value is -3.93. The van der Waals surface area contributed by atoms with Gasteiger partial charge in [-0.1, -0.05) is 42.5 Å². The molecular formula is C23H20N4O2. The lowest BCUT2D eigenvalue weighted by Gasteiger charge is -2.12. The fraction of sp³-hybridized carbons (Fsp3) is 0.0870. The molecule has 6 nitrogen and oxygen atoms in total. The lowest BCUT2D eigenvalue weighted by atomic mass is 10.00. The van der Waals surface area contributed by atoms with Gasteiger partial charge in [-0.25, -0.2) is 0 Å². The van der Waals surface area contributed by atoms with E-state index in [1.54, 1.807) is 6.20 Å². The summed E-state index contributed by atoms with van der Waals surface area (Å²) in [6, 6.07) is 21.8. The summed E-state index contributed by atoms with van der Waals surface area (Å²) in [6.45, 7) is 0.457. The van der Waals surface area contributed by atoms with Crippen LogP contribution < -0.4 is 5.32 Å². The highest BCUT2D eigenvalue weighted by atomic mass is 16.4. The monoisotopic (exact) mass is 384 g/mol. The van der Waals surface area contributed by atoms with Crippen LogP contribution in [0.5, 0.6) is 0 Å². The molecule has 0 atom stereocenters. The lowest BCUT2D eigenvalue weighted by Crippen LogP contribution is -2.13. The van der Waals surface area contributed by atoms with Gasteiger partial charge in [-0.2, -0.15) is 5.10 Å². The van der Waals surface area contributed by atoms with Gasteiger partial charge in [0.1, 0.15) is 6.54 Å². The van der Waals surface area contributed by atoms with Crippen LogP contribution in [0.2, 0.25) is 0 Å². The molecule has 4 rings (SSSR count). The zero-order valence-corrected chi connectivity index (χ0v) is 15.7. The molecule has 0 bridgehead atoms. The molecule has 4 aromatic rings. The topological polar surface area (TPSA) is 80.0 Å². The third-order valence-corrected chi connectivity index (χ3v) is 4.54. The van der Waals surface area contributed by atoms with Gasteiger partial charge < -0.3 is 10.4 Å². The van der Waals surface area contributed by atoms with Crippen molar-refractivity contribution in [2.45, 2.75) is 6.54 Å². The van der Waals surface area contributed by atoms with E-state index in [1.807, 2.05) is 83.8 Å². The predicted molar refractivity (Wildman–Crippen MR) is 113 cm³/mol. The summed E-state index contributed by atoms with van der Waals surface area (Å²) >= 11 is 0. The molecule has 144 valence electrons. The molecule has 2 N–H and O–H groups in total. The van der Waals surface area contributed by atoms with Crippen molar-refractivity contribution in [3.8, 4) is 22.4 Å². The first kappa shape index (κ1) is 18.4. The number of carboxylic acids is 1. The summed E-state index contributed by atoms with van der Waals surface area (Å²) in [5.74, 6) is -0.912. The highest BCUT2D eigenvalue weighted by Gasteiger charge is 2.12. The Morgan fingerprint density at radius 1 is 1.00 bits per heavy atom. The van der Waals surface area contributed by atoms with Crippen molar-refractivity contribution >= 4 is 11.7 Å². The van der Waals surface area contributed by atoms with E-state index in [4.69, 9.17) is 10.2 Å². The molecule has 0 radical (unpaired) electrons. The van der Waals surface area contributed by atoms with Crippen molar-refractivity contribution in [2.75, 3.05) is 11.9 Å². The minimum atomic E-state index is -0.912. The molecule has 0 fully saturated rings. The van der Waals surface area contributed by atoms with Gasteiger partial charge in [-0.15, -0.1) is 0 Å². The number of anilines is 1. The van der Waals surface area contributed by atoms with E-state index in [2.05, 4.69) is 10.3 Å². The average molecular weight is 384 g/mol. The van der Waals surface area contributed by atoms with Crippen molar-refractivity contribution in [1.82, 2.24) is 14.8 Å². The lowest BCUT2D eigenvalue weighted by molar-refractivity contribution is -0.134. The van der Waals surface area contributed by atoms with Crippen LogP contribution in [0.25, 0.3) is 22.4 Å². The normalized spacial score (nSPS) is 10.6. The number of benzene rings is 2. The average Bonchev–Trinajstić information content (AvgIpc) is 3.22. The van der Waals surface area contributed by atoms with Crippen LogP contribution in [-0.4, -0.2) is 32.4 Å². The van der Waals surface area contributed by atoms with Crippen molar-refractivity contribution in [3.63, 3.8) is 0 Å². The highest BCUT2D eigenvalue weighted by Crippen LogP contribution is 2.32. The van der Waals surface area contributed by atoms with Crippen LogP contribution in [0.1, 0.15) is 5.56 Å². The van der Waals surface area contributed by atoms with Gasteiger partial charge in [0, 0.05) is 29.8 Å². The van der Waals surface area contributed by atoms with Gasteiger partial charge in [0.05, 0.1) is 12.2 Å². The molecule has 6 heteroatoms. The maximum Gasteiger partial charge on any atom is 0.322 e. The van der Waals surface area contributed by atoms with E-state index in [0.717, 1.165) is 33.6 Å². The molecule has 2 heterocycles. The SMILES string of the molecule is O=C(O)CNc1ccc(-c2ccccc2)cc1-c1ccn(Cc2cccnc2)n1. The summed E-state index contributed by atoms with van der Waals surface area (Å²) in [4.78, 5) is 15.2. The third kappa shape index (κ3) is 4.50. The van der Waals surface area contributed by atoms with Crippen LogP contribution in [-0.2, 0) is 11.3 Å². The second-order valence-corrected chi connectivity index (χ2v) is 6.63. The molecule has 0 saturated carbocycles. The Morgan fingerprint density at radius 3 is 2.62 bits per heavy atom. The van der Waals surface area contributed by atoms with Crippen molar-refractivity contribution < 1.29 is 9.90 Å². The van der Waals surface area contributed by atoms with E-state index >= 15 is 0 Å². The number of hydrogen-bond donors (Lipinski definition) is 2. The van der Waals surface area contributed by atoms with E-state index in [9.17, 15) is 4.79 Å². The third-order valence-electron chi connectivity index (χ3n) is 4.54. The molecule has 29 heavy (non-hydrogen) atoms. The van der Waals surface area contributed by atoms with Gasteiger partial charge in [-0.3, -0.25) is 14.5 Å². The van der Waals surface area contributed by atoms with Crippen molar-refractivity contribution in [1.29, 1.82) is 0 Å². The van der Waals surface area contributed by atoms with Crippen LogP contribution >= 0.6 is 0 Å². The number of aromatic nitrogens is 3. The fourth-order valence-corrected chi connectivity index (χ4v) is 3.16. The van der Waals surface area contributed by atoms with E-state index in [-0.39, 0.29) is 6.54 Å². The molecule has 0 amide bonds. The summed E-state index contributed by atoms with van der Waals surface area (Å²) < 4.78 is 1.85. The highest BCUT2D eigenvalue weighted by molar-refractivity contribution is 5.83. The molecular weight excluding hydrogens is 364 g/mol. The van der Waals surface area contributed by atoms with E-state index in [0.29, 0.717) is 6.54 Å². The summed E-state index contributed by atoms with van der Waals surface area (Å²) in [7, 11) is 0. The van der Waals surface area contributed by atoms with Gasteiger partial charge >= 0.3 is 5.97 Å². The van der Waals surface area contributed by atoms with Crippen molar-refractivity contribution in [3.05, 3.63) is 90.9 Å². The number of aliphatic carboxylic acids is 1. The molecule has 2 aromatic heterocycles. The molecule has 0 spiro atoms. The molecule has 2 aromatic carbocycles. The standard InChI is InChI=1S/C23H20N4O2/c28-23(29)15-25-21-9-8-19(18-6-2-1-3-7-18)13-20(21)22-10-12-27(26-22)16-17-5-4-11-24-14-17/h1-14,25H,15-16H2,(H,28,29). The van der Waals surface area contributed by atoms with Gasteiger partial charge in [0.2, 0.25) is 0 Å². The number of rotatable bonds is 7. The number of pyridine rings is 1. The van der Waals surface area contributed by atoms with Gasteiger partial charge in [0.25, 0.3) is 0 Å². The summed E-state index contributed by atoms with van der Waals surface area (Å²) in [5.41, 5.74) is 5.57. The van der Waals surface area contributed by atoms with E-state index < -0.39 is 5.97 Å². The number of nitrogens with one attached hydrogen (secondary N) is 1. The van der Waals surface area contributed by atoms with Crippen LogP contribution in [0.4, 0.5) is 5.69 Å². The molecule has 0 aliphatic rings. The minimum absolute atomic E-state index is 0.159. The second kappa shape index (κ2) is 8.39. The van der Waals surface area contributed by atoms with Crippen LogP contribution in [0, 0.1) is 0 Å². The fourth-order valence-electron chi connectivity index (χ4n) is 3.16. The first-order valence-corrected chi connectivity index (χ1v) is 9.27. The molecule has 0 aliphatic heterocycles. The Morgan fingerprint density at radius 2 is 1.86 bits per heavy atom. The number of hydrogen-bond acceptors (Lipinski definition) is 4. The zero-order chi connectivity index (χ0) is 20.1. The minimum Gasteiger partial charge on any atom is -0.480 e. The van der Waals surface area contributed by atoms with Gasteiger partial charge in [0.15, 0.2) is 0 Å². The zero-order valence-electron chi connectivity index (χ0n) is 15.7. The maximum absolute atomic E-state index is 11.0. The first-order chi connectivity index (χ1) is 14.2. The number of carbonyl (C=O) groups is 1.